The maximum absolute atomic E-state index is 12.0. The molecule has 0 radical (unpaired) electrons. The fourth-order valence-corrected chi connectivity index (χ4v) is 2.26. The summed E-state index contributed by atoms with van der Waals surface area (Å²) in [5.41, 5.74) is -0.372. The molecule has 0 fully saturated rings. The largest absolute Gasteiger partial charge is 0.481 e. The van der Waals surface area contributed by atoms with Crippen LogP contribution in [0, 0.1) is 0 Å². The number of fused-ring (bicyclic) bond motifs is 1. The molecule has 1 aliphatic heterocycles. The van der Waals surface area contributed by atoms with E-state index >= 15 is 0 Å². The molecule has 18 heavy (non-hydrogen) atoms. The Balaban J connectivity index is 2.62. The third kappa shape index (κ3) is 1.57. The molecule has 0 aliphatic carbocycles. The number of rotatable bonds is 3. The number of esters is 1. The fourth-order valence-electron chi connectivity index (χ4n) is 2.26. The standard InChI is InChI=1S/C12H15NO5/c1-4-12(11(15)17-3)7-5-6-13-9(16-2)8(7)10(14)18-12/h5-6,10,14H,4H2,1-3H3. The number of carbonyl (C=O) groups is 1. The van der Waals surface area contributed by atoms with Crippen LogP contribution in [0.1, 0.15) is 30.8 Å². The number of ether oxygens (including phenoxy) is 3. The van der Waals surface area contributed by atoms with Crippen molar-refractivity contribution >= 4 is 5.97 Å². The van der Waals surface area contributed by atoms with Crippen molar-refractivity contribution < 1.29 is 24.1 Å². The number of hydrogen-bond acceptors (Lipinski definition) is 6. The van der Waals surface area contributed by atoms with Gasteiger partial charge in [-0.15, -0.1) is 0 Å². The molecule has 98 valence electrons. The monoisotopic (exact) mass is 253 g/mol. The molecule has 6 heteroatoms. The number of carbonyl (C=O) groups excluding carboxylic acids is 1. The molecule has 2 heterocycles. The lowest BCUT2D eigenvalue weighted by Gasteiger charge is -2.24. The number of hydrogen-bond donors (Lipinski definition) is 1. The summed E-state index contributed by atoms with van der Waals surface area (Å²) in [6.07, 6.45) is 0.603. The van der Waals surface area contributed by atoms with Gasteiger partial charge in [-0.3, -0.25) is 0 Å². The zero-order valence-corrected chi connectivity index (χ0v) is 10.5. The maximum Gasteiger partial charge on any atom is 0.342 e. The highest BCUT2D eigenvalue weighted by Crippen LogP contribution is 2.47. The fraction of sp³-hybridized carbons (Fsp3) is 0.500. The van der Waals surface area contributed by atoms with Crippen LogP contribution in [0.25, 0.3) is 0 Å². The quantitative estimate of drug-likeness (QED) is 0.806. The molecule has 0 saturated carbocycles. The summed E-state index contributed by atoms with van der Waals surface area (Å²) in [5.74, 6) is -0.296. The van der Waals surface area contributed by atoms with Crippen LogP contribution in [0.3, 0.4) is 0 Å². The van der Waals surface area contributed by atoms with Crippen LogP contribution in [0.5, 0.6) is 5.88 Å². The first-order valence-corrected chi connectivity index (χ1v) is 5.58. The van der Waals surface area contributed by atoms with Crippen LogP contribution in [0.2, 0.25) is 0 Å². The van der Waals surface area contributed by atoms with Crippen molar-refractivity contribution in [3.8, 4) is 5.88 Å². The Morgan fingerprint density at radius 1 is 1.61 bits per heavy atom. The molecule has 2 rings (SSSR count). The van der Waals surface area contributed by atoms with Crippen molar-refractivity contribution in [2.45, 2.75) is 25.2 Å². The molecular weight excluding hydrogens is 238 g/mol. The van der Waals surface area contributed by atoms with Crippen molar-refractivity contribution in [1.29, 1.82) is 0 Å². The normalized spacial score (nSPS) is 25.7. The summed E-state index contributed by atoms with van der Waals surface area (Å²) < 4.78 is 15.3. The minimum absolute atomic E-state index is 0.249. The first kappa shape index (κ1) is 12.8. The molecule has 0 bridgehead atoms. The zero-order valence-electron chi connectivity index (χ0n) is 10.5. The van der Waals surface area contributed by atoms with Crippen LogP contribution >= 0.6 is 0 Å². The van der Waals surface area contributed by atoms with Crippen molar-refractivity contribution in [2.24, 2.45) is 0 Å². The van der Waals surface area contributed by atoms with E-state index in [2.05, 4.69) is 4.98 Å². The number of methoxy groups -OCH3 is 2. The minimum atomic E-state index is -1.29. The van der Waals surface area contributed by atoms with E-state index in [0.29, 0.717) is 17.5 Å². The lowest BCUT2D eigenvalue weighted by Crippen LogP contribution is -2.36. The number of aromatic nitrogens is 1. The molecule has 1 aromatic rings. The molecule has 1 aromatic heterocycles. The van der Waals surface area contributed by atoms with E-state index in [1.165, 1.54) is 20.4 Å². The smallest absolute Gasteiger partial charge is 0.342 e. The van der Waals surface area contributed by atoms with Crippen molar-refractivity contribution in [3.63, 3.8) is 0 Å². The van der Waals surface area contributed by atoms with E-state index in [1.54, 1.807) is 13.0 Å². The van der Waals surface area contributed by atoms with Crippen LogP contribution in [0.4, 0.5) is 0 Å². The molecule has 2 atom stereocenters. The second kappa shape index (κ2) is 4.55. The molecule has 1 aliphatic rings. The Bertz CT molecular complexity index is 476. The van der Waals surface area contributed by atoms with E-state index < -0.39 is 17.9 Å². The van der Waals surface area contributed by atoms with E-state index in [-0.39, 0.29) is 5.88 Å². The average Bonchev–Trinajstić information content (AvgIpc) is 2.72. The van der Waals surface area contributed by atoms with Crippen LogP contribution in [0.15, 0.2) is 12.3 Å². The third-order valence-corrected chi connectivity index (χ3v) is 3.15. The predicted molar refractivity (Wildman–Crippen MR) is 60.8 cm³/mol. The summed E-state index contributed by atoms with van der Waals surface area (Å²) in [6.45, 7) is 1.78. The number of aliphatic hydroxyl groups excluding tert-OH is 1. The lowest BCUT2D eigenvalue weighted by atomic mass is 9.90. The Morgan fingerprint density at radius 3 is 2.89 bits per heavy atom. The first-order valence-electron chi connectivity index (χ1n) is 5.58. The lowest BCUT2D eigenvalue weighted by molar-refractivity contribution is -0.202. The second-order valence-corrected chi connectivity index (χ2v) is 3.92. The van der Waals surface area contributed by atoms with Gasteiger partial charge in [-0.25, -0.2) is 9.78 Å². The maximum atomic E-state index is 12.0. The molecule has 0 saturated heterocycles. The summed E-state index contributed by atoms with van der Waals surface area (Å²) in [7, 11) is 2.73. The molecule has 0 spiro atoms. The Labute approximate surface area is 104 Å². The summed E-state index contributed by atoms with van der Waals surface area (Å²) >= 11 is 0. The zero-order chi connectivity index (χ0) is 13.3. The van der Waals surface area contributed by atoms with Crippen molar-refractivity contribution in [1.82, 2.24) is 4.98 Å². The van der Waals surface area contributed by atoms with Gasteiger partial charge in [-0.05, 0) is 12.5 Å². The van der Waals surface area contributed by atoms with Crippen molar-refractivity contribution in [2.75, 3.05) is 14.2 Å². The van der Waals surface area contributed by atoms with Gasteiger partial charge in [0.25, 0.3) is 0 Å². The molecular formula is C12H15NO5. The molecule has 2 unspecified atom stereocenters. The van der Waals surface area contributed by atoms with Gasteiger partial charge in [0.1, 0.15) is 0 Å². The summed E-state index contributed by atoms with van der Waals surface area (Å²) in [6, 6.07) is 1.63. The number of aliphatic hydroxyl groups is 1. The highest BCUT2D eigenvalue weighted by atomic mass is 16.6. The highest BCUT2D eigenvalue weighted by Gasteiger charge is 2.51. The van der Waals surface area contributed by atoms with Gasteiger partial charge in [0, 0.05) is 11.8 Å². The SMILES string of the molecule is CCC1(C(=O)OC)OC(O)c2c1ccnc2OC. The van der Waals surface area contributed by atoms with Crippen molar-refractivity contribution in [3.05, 3.63) is 23.4 Å². The van der Waals surface area contributed by atoms with Crippen LogP contribution in [-0.4, -0.2) is 30.3 Å². The van der Waals surface area contributed by atoms with Gasteiger partial charge in [-0.1, -0.05) is 6.92 Å². The summed E-state index contributed by atoms with van der Waals surface area (Å²) in [5, 5.41) is 9.95. The van der Waals surface area contributed by atoms with Gasteiger partial charge in [0.2, 0.25) is 5.88 Å². The van der Waals surface area contributed by atoms with E-state index in [0.717, 1.165) is 0 Å². The van der Waals surface area contributed by atoms with E-state index in [1.807, 2.05) is 0 Å². The van der Waals surface area contributed by atoms with Gasteiger partial charge < -0.3 is 19.3 Å². The Morgan fingerprint density at radius 2 is 2.33 bits per heavy atom. The van der Waals surface area contributed by atoms with Gasteiger partial charge in [0.15, 0.2) is 11.9 Å². The van der Waals surface area contributed by atoms with Gasteiger partial charge >= 0.3 is 5.97 Å². The molecule has 1 N–H and O–H groups in total. The Hall–Kier alpha value is -1.66. The number of nitrogens with zero attached hydrogens (tertiary/aromatic N) is 1. The average molecular weight is 253 g/mol. The van der Waals surface area contributed by atoms with Gasteiger partial charge in [0.05, 0.1) is 19.8 Å². The summed E-state index contributed by atoms with van der Waals surface area (Å²) in [4.78, 5) is 15.9. The van der Waals surface area contributed by atoms with E-state index in [4.69, 9.17) is 14.2 Å². The molecule has 0 aromatic carbocycles. The second-order valence-electron chi connectivity index (χ2n) is 3.92. The van der Waals surface area contributed by atoms with E-state index in [9.17, 15) is 9.90 Å². The third-order valence-electron chi connectivity index (χ3n) is 3.15. The van der Waals surface area contributed by atoms with Crippen LogP contribution < -0.4 is 4.74 Å². The van der Waals surface area contributed by atoms with Crippen LogP contribution in [-0.2, 0) is 19.9 Å². The molecule has 6 nitrogen and oxygen atoms in total. The topological polar surface area (TPSA) is 77.9 Å². The minimum Gasteiger partial charge on any atom is -0.481 e. The Kier molecular flexibility index (Phi) is 3.23. The predicted octanol–water partition coefficient (Wildman–Crippen LogP) is 0.890. The number of pyridine rings is 1. The molecule has 0 amide bonds. The highest BCUT2D eigenvalue weighted by molar-refractivity contribution is 5.83. The van der Waals surface area contributed by atoms with Gasteiger partial charge in [-0.2, -0.15) is 0 Å². The first-order chi connectivity index (χ1) is 8.60.